The topological polar surface area (TPSA) is 78.3 Å². The molecule has 4 nitrogen and oxygen atoms in total. The largest absolute Gasteiger partial charge is 0.462 e. The van der Waals surface area contributed by atoms with Crippen molar-refractivity contribution >= 4 is 5.97 Å². The number of carbonyl (C=O) groups excluding carboxylic acids is 1. The number of hydrogen-bond acceptors (Lipinski definition) is 4. The molecule has 0 amide bonds. The Morgan fingerprint density at radius 2 is 1.64 bits per heavy atom. The van der Waals surface area contributed by atoms with Crippen LogP contribution in [0.5, 0.6) is 0 Å². The third-order valence-electron chi connectivity index (χ3n) is 5.55. The van der Waals surface area contributed by atoms with Crippen LogP contribution >= 0.6 is 0 Å². The quantitative estimate of drug-likeness (QED) is 0.499. The van der Waals surface area contributed by atoms with E-state index in [-0.39, 0.29) is 34.9 Å². The van der Waals surface area contributed by atoms with E-state index in [0.717, 1.165) is 25.7 Å². The SMILES string of the molecule is CCC(C)CC(C)(N)CC(OC(=O)CCN)C(C)(C)CC(C)(C)CC. The van der Waals surface area contributed by atoms with Crippen LogP contribution in [0.15, 0.2) is 0 Å². The summed E-state index contributed by atoms with van der Waals surface area (Å²) in [5, 5.41) is 0. The highest BCUT2D eigenvalue weighted by Gasteiger charge is 2.40. The van der Waals surface area contributed by atoms with Gasteiger partial charge in [0.2, 0.25) is 0 Å². The van der Waals surface area contributed by atoms with Crippen LogP contribution in [0.4, 0.5) is 0 Å². The van der Waals surface area contributed by atoms with E-state index in [0.29, 0.717) is 18.9 Å². The van der Waals surface area contributed by atoms with E-state index in [1.807, 2.05) is 0 Å². The van der Waals surface area contributed by atoms with Crippen molar-refractivity contribution in [2.24, 2.45) is 28.2 Å². The molecule has 0 rings (SSSR count). The fraction of sp³-hybridized carbons (Fsp3) is 0.952. The van der Waals surface area contributed by atoms with Crippen LogP contribution < -0.4 is 11.5 Å². The number of hydrogen-bond donors (Lipinski definition) is 2. The second-order valence-corrected chi connectivity index (χ2v) is 9.78. The molecule has 0 bridgehead atoms. The summed E-state index contributed by atoms with van der Waals surface area (Å²) in [7, 11) is 0. The van der Waals surface area contributed by atoms with E-state index in [4.69, 9.17) is 16.2 Å². The fourth-order valence-electron chi connectivity index (χ4n) is 3.73. The van der Waals surface area contributed by atoms with Crippen LogP contribution in [0.25, 0.3) is 0 Å². The van der Waals surface area contributed by atoms with E-state index >= 15 is 0 Å². The Hall–Kier alpha value is -0.610. The Balaban J connectivity index is 5.36. The Morgan fingerprint density at radius 1 is 1.08 bits per heavy atom. The number of esters is 1. The monoisotopic (exact) mass is 356 g/mol. The molecular weight excluding hydrogens is 312 g/mol. The molecule has 0 radical (unpaired) electrons. The maximum absolute atomic E-state index is 12.2. The van der Waals surface area contributed by atoms with Crippen molar-refractivity contribution in [3.63, 3.8) is 0 Å². The molecule has 4 N–H and O–H groups in total. The van der Waals surface area contributed by atoms with Gasteiger partial charge in [0.05, 0.1) is 6.42 Å². The van der Waals surface area contributed by atoms with Gasteiger partial charge in [-0.1, -0.05) is 61.3 Å². The second kappa shape index (κ2) is 9.91. The van der Waals surface area contributed by atoms with Gasteiger partial charge in [0.1, 0.15) is 6.10 Å². The van der Waals surface area contributed by atoms with E-state index < -0.39 is 0 Å². The van der Waals surface area contributed by atoms with Crippen LogP contribution in [-0.4, -0.2) is 24.2 Å². The Bertz CT molecular complexity index is 403. The molecule has 0 aromatic carbocycles. The lowest BCUT2D eigenvalue weighted by Gasteiger charge is -2.43. The summed E-state index contributed by atoms with van der Waals surface area (Å²) in [5.74, 6) is 0.347. The summed E-state index contributed by atoms with van der Waals surface area (Å²) in [4.78, 5) is 12.2. The molecule has 0 spiro atoms. The van der Waals surface area contributed by atoms with Crippen molar-refractivity contribution in [1.29, 1.82) is 0 Å². The van der Waals surface area contributed by atoms with Crippen molar-refractivity contribution in [2.75, 3.05) is 6.54 Å². The lowest BCUT2D eigenvalue weighted by atomic mass is 9.68. The first-order chi connectivity index (χ1) is 11.3. The molecule has 0 aromatic heterocycles. The van der Waals surface area contributed by atoms with Gasteiger partial charge in [-0.2, -0.15) is 0 Å². The lowest BCUT2D eigenvalue weighted by Crippen LogP contribution is -2.47. The van der Waals surface area contributed by atoms with Gasteiger partial charge < -0.3 is 16.2 Å². The zero-order chi connectivity index (χ0) is 19.9. The predicted molar refractivity (Wildman–Crippen MR) is 107 cm³/mol. The third kappa shape index (κ3) is 9.60. The first-order valence-corrected chi connectivity index (χ1v) is 9.97. The van der Waals surface area contributed by atoms with E-state index in [9.17, 15) is 4.79 Å². The number of nitrogens with two attached hydrogens (primary N) is 2. The minimum absolute atomic E-state index is 0.139. The Morgan fingerprint density at radius 3 is 2.08 bits per heavy atom. The summed E-state index contributed by atoms with van der Waals surface area (Å²) >= 11 is 0. The molecule has 0 fully saturated rings. The van der Waals surface area contributed by atoms with Crippen LogP contribution in [0.3, 0.4) is 0 Å². The van der Waals surface area contributed by atoms with Crippen LogP contribution in [-0.2, 0) is 9.53 Å². The molecular formula is C21H44N2O2. The number of ether oxygens (including phenoxy) is 1. The van der Waals surface area contributed by atoms with E-state index in [1.54, 1.807) is 0 Å². The van der Waals surface area contributed by atoms with Crippen molar-refractivity contribution in [3.05, 3.63) is 0 Å². The zero-order valence-electron chi connectivity index (χ0n) is 18.1. The molecule has 3 atom stereocenters. The minimum Gasteiger partial charge on any atom is -0.462 e. The molecule has 0 aromatic rings. The number of rotatable bonds is 12. The van der Waals surface area contributed by atoms with Gasteiger partial charge in [-0.05, 0) is 31.1 Å². The summed E-state index contributed by atoms with van der Waals surface area (Å²) in [6.45, 7) is 18.0. The summed E-state index contributed by atoms with van der Waals surface area (Å²) in [6.07, 6.45) is 4.86. The highest BCUT2D eigenvalue weighted by atomic mass is 16.5. The molecule has 0 saturated heterocycles. The molecule has 3 unspecified atom stereocenters. The Labute approximate surface area is 156 Å². The van der Waals surface area contributed by atoms with Crippen LogP contribution in [0.1, 0.15) is 93.9 Å². The van der Waals surface area contributed by atoms with Gasteiger partial charge in [0.25, 0.3) is 0 Å². The van der Waals surface area contributed by atoms with Crippen molar-refractivity contribution in [3.8, 4) is 0 Å². The van der Waals surface area contributed by atoms with Crippen molar-refractivity contribution < 1.29 is 9.53 Å². The van der Waals surface area contributed by atoms with E-state index in [1.165, 1.54) is 0 Å². The highest BCUT2D eigenvalue weighted by Crippen LogP contribution is 2.42. The summed E-state index contributed by atoms with van der Waals surface area (Å²) < 4.78 is 5.90. The van der Waals surface area contributed by atoms with Crippen LogP contribution in [0, 0.1) is 16.7 Å². The average Bonchev–Trinajstić information content (AvgIpc) is 2.45. The van der Waals surface area contributed by atoms with Crippen molar-refractivity contribution in [2.45, 2.75) is 106 Å². The molecule has 4 heteroatoms. The molecule has 150 valence electrons. The minimum atomic E-state index is -0.350. The van der Waals surface area contributed by atoms with Gasteiger partial charge in [-0.15, -0.1) is 0 Å². The van der Waals surface area contributed by atoms with Crippen LogP contribution in [0.2, 0.25) is 0 Å². The highest BCUT2D eigenvalue weighted by molar-refractivity contribution is 5.69. The second-order valence-electron chi connectivity index (χ2n) is 9.78. The average molecular weight is 357 g/mol. The fourth-order valence-corrected chi connectivity index (χ4v) is 3.73. The van der Waals surface area contributed by atoms with Gasteiger partial charge >= 0.3 is 5.97 Å². The molecule has 0 heterocycles. The zero-order valence-corrected chi connectivity index (χ0v) is 18.1. The first-order valence-electron chi connectivity index (χ1n) is 9.97. The first kappa shape index (κ1) is 24.4. The van der Waals surface area contributed by atoms with Gasteiger partial charge in [-0.3, -0.25) is 4.79 Å². The molecule has 0 saturated carbocycles. The molecule has 0 aliphatic rings. The van der Waals surface area contributed by atoms with E-state index in [2.05, 4.69) is 55.4 Å². The number of carbonyl (C=O) groups is 1. The summed E-state index contributed by atoms with van der Waals surface area (Å²) in [6, 6.07) is 0. The molecule has 25 heavy (non-hydrogen) atoms. The van der Waals surface area contributed by atoms with Gasteiger partial charge in [-0.25, -0.2) is 0 Å². The van der Waals surface area contributed by atoms with Crippen molar-refractivity contribution in [1.82, 2.24) is 0 Å². The summed E-state index contributed by atoms with van der Waals surface area (Å²) in [5.41, 5.74) is 11.9. The standard InChI is InChI=1S/C21H44N2O2/c1-9-16(3)13-21(8,23)14-17(25-18(24)11-12-22)20(6,7)15-19(4,5)10-2/h16-17H,9-15,22-23H2,1-8H3. The predicted octanol–water partition coefficient (Wildman–Crippen LogP) is 4.64. The van der Waals surface area contributed by atoms with Gasteiger partial charge in [0.15, 0.2) is 0 Å². The Kier molecular flexibility index (Phi) is 9.67. The normalized spacial score (nSPS) is 17.7. The molecule has 0 aliphatic heterocycles. The molecule has 0 aliphatic carbocycles. The smallest absolute Gasteiger partial charge is 0.307 e. The third-order valence-corrected chi connectivity index (χ3v) is 5.55. The maximum Gasteiger partial charge on any atom is 0.307 e. The maximum atomic E-state index is 12.2. The lowest BCUT2D eigenvalue weighted by molar-refractivity contribution is -0.158. The van der Waals surface area contributed by atoms with Gasteiger partial charge in [0, 0.05) is 23.9 Å².